The fourth-order valence-electron chi connectivity index (χ4n) is 5.66. The molecule has 34 heavy (non-hydrogen) atoms. The van der Waals surface area contributed by atoms with E-state index < -0.39 is 17.9 Å². The van der Waals surface area contributed by atoms with E-state index in [1.165, 1.54) is 0 Å². The minimum atomic E-state index is -0.614. The van der Waals surface area contributed by atoms with Crippen molar-refractivity contribution < 1.29 is 28.4 Å². The lowest BCUT2D eigenvalue weighted by Gasteiger charge is -2.33. The third-order valence-corrected chi connectivity index (χ3v) is 7.41. The van der Waals surface area contributed by atoms with Crippen molar-refractivity contribution in [2.45, 2.75) is 128 Å². The van der Waals surface area contributed by atoms with Crippen LogP contribution in [0.25, 0.3) is 0 Å². The summed E-state index contributed by atoms with van der Waals surface area (Å²) >= 11 is 6.41. The van der Waals surface area contributed by atoms with E-state index in [0.717, 1.165) is 56.9 Å². The van der Waals surface area contributed by atoms with E-state index in [2.05, 4.69) is 27.7 Å². The van der Waals surface area contributed by atoms with Crippen LogP contribution >= 0.6 is 11.6 Å². The Kier molecular flexibility index (Phi) is 8.95. The fraction of sp³-hybridized carbons (Fsp3) is 0.778. The minimum absolute atomic E-state index is 0.237. The van der Waals surface area contributed by atoms with E-state index in [-0.39, 0.29) is 24.4 Å². The number of rotatable bonds is 12. The van der Waals surface area contributed by atoms with Crippen LogP contribution in [0.3, 0.4) is 0 Å². The number of fused-ring (bicyclic) bond motifs is 1. The molecule has 6 nitrogen and oxygen atoms in total. The highest BCUT2D eigenvalue weighted by molar-refractivity contribution is 6.31. The zero-order valence-corrected chi connectivity index (χ0v) is 21.9. The molecular weight excluding hydrogens is 456 g/mol. The largest absolute Gasteiger partial charge is 0.368 e. The second-order valence-electron chi connectivity index (χ2n) is 9.83. The second-order valence-corrected chi connectivity index (χ2v) is 10.2. The van der Waals surface area contributed by atoms with Crippen LogP contribution < -0.4 is 0 Å². The highest BCUT2D eigenvalue weighted by atomic mass is 35.5. The van der Waals surface area contributed by atoms with Gasteiger partial charge in [0.15, 0.2) is 17.9 Å². The van der Waals surface area contributed by atoms with E-state index in [1.54, 1.807) is 0 Å². The van der Waals surface area contributed by atoms with Gasteiger partial charge in [-0.1, -0.05) is 83.2 Å². The highest BCUT2D eigenvalue weighted by Gasteiger charge is 2.61. The first-order valence-electron chi connectivity index (χ1n) is 13.2. The number of ether oxygens (including phenoxy) is 6. The Morgan fingerprint density at radius 2 is 1.50 bits per heavy atom. The van der Waals surface area contributed by atoms with E-state index in [1.807, 2.05) is 24.3 Å². The standard InChI is InChI=1S/C27H41ClO6/c1-5-13-26(14-6-2)30-18-21(32-26)22-23(29-17-19-11-9-10-12-20(19)28)24-25(31-22)34-27(33-24,15-7-3)16-8-4/h9-12,21-25H,5-8,13-18H2,1-4H3/t21-,22-,23+,24-,25-/m1/s1. The van der Waals surface area contributed by atoms with Crippen molar-refractivity contribution in [3.05, 3.63) is 34.9 Å². The molecule has 0 spiro atoms. The molecule has 192 valence electrons. The predicted molar refractivity (Wildman–Crippen MR) is 131 cm³/mol. The van der Waals surface area contributed by atoms with Crippen LogP contribution in [0.2, 0.25) is 5.02 Å². The Morgan fingerprint density at radius 1 is 0.853 bits per heavy atom. The maximum atomic E-state index is 6.62. The first kappa shape index (κ1) is 26.3. The fourth-order valence-corrected chi connectivity index (χ4v) is 5.85. The first-order valence-corrected chi connectivity index (χ1v) is 13.5. The molecule has 0 bridgehead atoms. The maximum absolute atomic E-state index is 6.62. The smallest absolute Gasteiger partial charge is 0.190 e. The number of benzene rings is 1. The molecule has 5 atom stereocenters. The molecule has 0 saturated carbocycles. The molecule has 0 aliphatic carbocycles. The van der Waals surface area contributed by atoms with Gasteiger partial charge < -0.3 is 28.4 Å². The SMILES string of the molecule is CCCC1(CCC)O[C@H]2O[C@H]([C@H]3COC(CCC)(CCC)O3)[C@H](OCc3ccccc3Cl)[C@H]2O1. The molecule has 1 aromatic carbocycles. The van der Waals surface area contributed by atoms with Crippen LogP contribution in [0.5, 0.6) is 0 Å². The molecule has 0 unspecified atom stereocenters. The van der Waals surface area contributed by atoms with Crippen molar-refractivity contribution in [3.63, 3.8) is 0 Å². The molecule has 1 aromatic rings. The summed E-state index contributed by atoms with van der Waals surface area (Å²) in [4.78, 5) is 0. The molecule has 3 heterocycles. The van der Waals surface area contributed by atoms with Gasteiger partial charge in [-0.05, 0) is 11.6 Å². The summed E-state index contributed by atoms with van der Waals surface area (Å²) in [6.07, 6.45) is 5.63. The van der Waals surface area contributed by atoms with Gasteiger partial charge in [-0.2, -0.15) is 0 Å². The monoisotopic (exact) mass is 496 g/mol. The van der Waals surface area contributed by atoms with E-state index in [4.69, 9.17) is 40.0 Å². The van der Waals surface area contributed by atoms with Crippen molar-refractivity contribution in [3.8, 4) is 0 Å². The van der Waals surface area contributed by atoms with Gasteiger partial charge in [0.25, 0.3) is 0 Å². The third kappa shape index (κ3) is 5.49. The van der Waals surface area contributed by atoms with Crippen LogP contribution in [0, 0.1) is 0 Å². The average Bonchev–Trinajstić information content (AvgIpc) is 3.46. The van der Waals surface area contributed by atoms with Crippen molar-refractivity contribution in [2.75, 3.05) is 6.61 Å². The topological polar surface area (TPSA) is 55.4 Å². The molecule has 3 aliphatic heterocycles. The zero-order valence-electron chi connectivity index (χ0n) is 21.1. The van der Waals surface area contributed by atoms with Crippen LogP contribution in [0.1, 0.15) is 84.6 Å². The normalized spacial score (nSPS) is 31.7. The highest BCUT2D eigenvalue weighted by Crippen LogP contribution is 2.46. The van der Waals surface area contributed by atoms with Crippen molar-refractivity contribution in [2.24, 2.45) is 0 Å². The molecule has 7 heteroatoms. The summed E-state index contributed by atoms with van der Waals surface area (Å²) in [7, 11) is 0. The molecule has 0 N–H and O–H groups in total. The summed E-state index contributed by atoms with van der Waals surface area (Å²) in [5.41, 5.74) is 0.938. The minimum Gasteiger partial charge on any atom is -0.368 e. The van der Waals surface area contributed by atoms with Gasteiger partial charge >= 0.3 is 0 Å². The van der Waals surface area contributed by atoms with Crippen molar-refractivity contribution in [1.29, 1.82) is 0 Å². The van der Waals surface area contributed by atoms with Gasteiger partial charge in [0.2, 0.25) is 0 Å². The lowest BCUT2D eigenvalue weighted by Crippen LogP contribution is -2.45. The quantitative estimate of drug-likeness (QED) is 0.335. The molecule has 0 radical (unpaired) electrons. The number of hydrogen-bond donors (Lipinski definition) is 0. The van der Waals surface area contributed by atoms with Gasteiger partial charge in [-0.3, -0.25) is 0 Å². The van der Waals surface area contributed by atoms with Crippen LogP contribution in [-0.2, 0) is 35.0 Å². The lowest BCUT2D eigenvalue weighted by molar-refractivity contribution is -0.258. The summed E-state index contributed by atoms with van der Waals surface area (Å²) in [5, 5.41) is 0.690. The van der Waals surface area contributed by atoms with Crippen LogP contribution in [0.4, 0.5) is 0 Å². The Balaban J connectivity index is 1.53. The summed E-state index contributed by atoms with van der Waals surface area (Å²) < 4.78 is 38.9. The third-order valence-electron chi connectivity index (χ3n) is 7.04. The van der Waals surface area contributed by atoms with Gasteiger partial charge in [0.05, 0.1) is 13.2 Å². The predicted octanol–water partition coefficient (Wildman–Crippen LogP) is 6.37. The molecular formula is C27H41ClO6. The lowest BCUT2D eigenvalue weighted by atomic mass is 10.0. The molecule has 4 rings (SSSR count). The van der Waals surface area contributed by atoms with Gasteiger partial charge in [0.1, 0.15) is 24.4 Å². The Bertz CT molecular complexity index is 776. The maximum Gasteiger partial charge on any atom is 0.190 e. The molecule has 3 saturated heterocycles. The van der Waals surface area contributed by atoms with Crippen molar-refractivity contribution >= 4 is 11.6 Å². The second kappa shape index (κ2) is 11.5. The number of halogens is 1. The van der Waals surface area contributed by atoms with Crippen molar-refractivity contribution in [1.82, 2.24) is 0 Å². The molecule has 0 amide bonds. The molecule has 0 aromatic heterocycles. The number of hydrogen-bond acceptors (Lipinski definition) is 6. The summed E-state index contributed by atoms with van der Waals surface area (Å²) in [5.74, 6) is -1.16. The first-order chi connectivity index (χ1) is 16.5. The Morgan fingerprint density at radius 3 is 2.15 bits per heavy atom. The summed E-state index contributed by atoms with van der Waals surface area (Å²) in [6.45, 7) is 9.47. The summed E-state index contributed by atoms with van der Waals surface area (Å²) in [6, 6.07) is 7.76. The Labute approximate surface area is 209 Å². The van der Waals surface area contributed by atoms with E-state index in [9.17, 15) is 0 Å². The molecule has 3 fully saturated rings. The van der Waals surface area contributed by atoms with Gasteiger partial charge in [-0.15, -0.1) is 0 Å². The van der Waals surface area contributed by atoms with Gasteiger partial charge in [-0.25, -0.2) is 0 Å². The molecule has 3 aliphatic rings. The Hall–Kier alpha value is -0.730. The van der Waals surface area contributed by atoms with Crippen LogP contribution in [-0.4, -0.2) is 48.9 Å². The van der Waals surface area contributed by atoms with Gasteiger partial charge in [0, 0.05) is 30.7 Å². The van der Waals surface area contributed by atoms with Crippen LogP contribution in [0.15, 0.2) is 24.3 Å². The zero-order chi connectivity index (χ0) is 24.2. The van der Waals surface area contributed by atoms with E-state index >= 15 is 0 Å². The van der Waals surface area contributed by atoms with E-state index in [0.29, 0.717) is 18.2 Å². The average molecular weight is 497 g/mol.